The molecular weight excluding hydrogens is 198 g/mol. The minimum atomic E-state index is -3.17. The van der Waals surface area contributed by atoms with E-state index in [0.29, 0.717) is 0 Å². The van der Waals surface area contributed by atoms with E-state index in [0.717, 1.165) is 6.20 Å². The van der Waals surface area contributed by atoms with Gasteiger partial charge >= 0.3 is 0 Å². The van der Waals surface area contributed by atoms with Crippen LogP contribution in [-0.2, 0) is 0 Å². The van der Waals surface area contributed by atoms with Crippen molar-refractivity contribution in [2.24, 2.45) is 5.73 Å². The number of halogens is 2. The van der Waals surface area contributed by atoms with Crippen LogP contribution in [0.5, 0.6) is 5.75 Å². The summed E-state index contributed by atoms with van der Waals surface area (Å²) >= 11 is 0. The maximum absolute atomic E-state index is 12.2. The van der Waals surface area contributed by atoms with Gasteiger partial charge in [-0.25, -0.2) is 8.78 Å². The van der Waals surface area contributed by atoms with Crippen LogP contribution in [0.25, 0.3) is 0 Å². The van der Waals surface area contributed by atoms with Crippen molar-refractivity contribution in [2.75, 3.05) is 0 Å². The van der Waals surface area contributed by atoms with Gasteiger partial charge in [0, 0.05) is 6.20 Å². The molecular formula is C7H6F2N2O3. The van der Waals surface area contributed by atoms with Crippen molar-refractivity contribution in [3.05, 3.63) is 27.7 Å². The fourth-order valence-electron chi connectivity index (χ4n) is 0.927. The zero-order valence-corrected chi connectivity index (χ0v) is 6.75. The molecule has 7 heteroatoms. The van der Waals surface area contributed by atoms with Gasteiger partial charge in [0.15, 0.2) is 0 Å². The summed E-state index contributed by atoms with van der Waals surface area (Å²) in [4.78, 5) is 23.3. The van der Waals surface area contributed by atoms with Gasteiger partial charge in [-0.1, -0.05) is 0 Å². The van der Waals surface area contributed by atoms with Crippen LogP contribution in [0.4, 0.5) is 8.78 Å². The molecule has 0 saturated carbocycles. The lowest BCUT2D eigenvalue weighted by Crippen LogP contribution is -2.19. The average Bonchev–Trinajstić information content (AvgIpc) is 2.02. The zero-order chi connectivity index (χ0) is 10.9. The normalized spacial score (nSPS) is 10.5. The van der Waals surface area contributed by atoms with Gasteiger partial charge in [0.05, 0.1) is 5.56 Å². The Labute approximate surface area is 76.2 Å². The molecule has 4 N–H and O–H groups in total. The molecule has 0 aliphatic carbocycles. The number of hydrogen-bond acceptors (Lipinski definition) is 3. The van der Waals surface area contributed by atoms with Crippen LogP contribution in [0, 0.1) is 0 Å². The predicted octanol–water partition coefficient (Wildman–Crippen LogP) is 0.117. The number of rotatable bonds is 2. The summed E-state index contributed by atoms with van der Waals surface area (Å²) in [7, 11) is 0. The summed E-state index contributed by atoms with van der Waals surface area (Å²) in [5.41, 5.74) is 1.92. The van der Waals surface area contributed by atoms with Gasteiger partial charge in [-0.15, -0.1) is 0 Å². The van der Waals surface area contributed by atoms with Crippen molar-refractivity contribution in [1.82, 2.24) is 4.98 Å². The monoisotopic (exact) mass is 204 g/mol. The molecule has 76 valence electrons. The van der Waals surface area contributed by atoms with Crippen molar-refractivity contribution in [2.45, 2.75) is 6.43 Å². The van der Waals surface area contributed by atoms with Crippen LogP contribution < -0.4 is 11.3 Å². The molecule has 1 aromatic rings. The largest absolute Gasteiger partial charge is 0.506 e. The lowest BCUT2D eigenvalue weighted by atomic mass is 10.1. The fourth-order valence-corrected chi connectivity index (χ4v) is 0.927. The second kappa shape index (κ2) is 3.44. The Balaban J connectivity index is 3.49. The highest BCUT2D eigenvalue weighted by Crippen LogP contribution is 2.26. The highest BCUT2D eigenvalue weighted by molar-refractivity contribution is 5.95. The molecule has 0 unspecified atom stereocenters. The predicted molar refractivity (Wildman–Crippen MR) is 42.2 cm³/mol. The van der Waals surface area contributed by atoms with E-state index >= 15 is 0 Å². The Hall–Kier alpha value is -1.92. The van der Waals surface area contributed by atoms with E-state index in [1.54, 1.807) is 0 Å². The molecule has 1 heterocycles. The van der Waals surface area contributed by atoms with Crippen molar-refractivity contribution >= 4 is 5.91 Å². The Morgan fingerprint density at radius 1 is 1.57 bits per heavy atom. The van der Waals surface area contributed by atoms with Crippen molar-refractivity contribution < 1.29 is 18.7 Å². The third-order valence-corrected chi connectivity index (χ3v) is 1.59. The number of carbonyl (C=O) groups is 1. The molecule has 0 aliphatic rings. The number of pyridine rings is 1. The first kappa shape index (κ1) is 10.2. The molecule has 14 heavy (non-hydrogen) atoms. The molecule has 5 nitrogen and oxygen atoms in total. The number of nitrogens with one attached hydrogen (secondary N) is 1. The summed E-state index contributed by atoms with van der Waals surface area (Å²) < 4.78 is 24.4. The maximum Gasteiger partial charge on any atom is 0.272 e. The van der Waals surface area contributed by atoms with E-state index in [4.69, 9.17) is 10.8 Å². The van der Waals surface area contributed by atoms with Crippen LogP contribution in [0.3, 0.4) is 0 Å². The lowest BCUT2D eigenvalue weighted by molar-refractivity contribution is 0.0995. The molecule has 0 fully saturated rings. The lowest BCUT2D eigenvalue weighted by Gasteiger charge is -2.04. The van der Waals surface area contributed by atoms with Crippen LogP contribution in [0.15, 0.2) is 11.0 Å². The minimum absolute atomic E-state index is 0.542. The Morgan fingerprint density at radius 2 is 2.14 bits per heavy atom. The van der Waals surface area contributed by atoms with E-state index < -0.39 is 34.8 Å². The van der Waals surface area contributed by atoms with Gasteiger partial charge in [0.2, 0.25) is 0 Å². The summed E-state index contributed by atoms with van der Waals surface area (Å²) in [6.45, 7) is 0. The first-order valence-electron chi connectivity index (χ1n) is 3.47. The summed E-state index contributed by atoms with van der Waals surface area (Å²) in [5.74, 6) is -2.17. The number of nitrogens with two attached hydrogens (primary N) is 1. The molecule has 0 spiro atoms. The van der Waals surface area contributed by atoms with Crippen LogP contribution in [-0.4, -0.2) is 16.0 Å². The first-order valence-corrected chi connectivity index (χ1v) is 3.47. The molecule has 0 aromatic carbocycles. The summed E-state index contributed by atoms with van der Waals surface area (Å²) in [6, 6.07) is 0. The van der Waals surface area contributed by atoms with E-state index in [-0.39, 0.29) is 0 Å². The van der Waals surface area contributed by atoms with Gasteiger partial charge in [0.1, 0.15) is 11.3 Å². The van der Waals surface area contributed by atoms with Crippen molar-refractivity contribution in [1.29, 1.82) is 0 Å². The van der Waals surface area contributed by atoms with E-state index in [2.05, 4.69) is 0 Å². The summed E-state index contributed by atoms with van der Waals surface area (Å²) in [5, 5.41) is 9.11. The number of carbonyl (C=O) groups excluding carboxylic acids is 1. The fraction of sp³-hybridized carbons (Fsp3) is 0.143. The molecule has 0 atom stereocenters. The number of H-pyrrole nitrogens is 1. The highest BCUT2D eigenvalue weighted by Gasteiger charge is 2.22. The number of primary amides is 1. The van der Waals surface area contributed by atoms with Crippen LogP contribution >= 0.6 is 0 Å². The zero-order valence-electron chi connectivity index (χ0n) is 6.75. The first-order chi connectivity index (χ1) is 6.45. The van der Waals surface area contributed by atoms with E-state index in [1.165, 1.54) is 0 Å². The van der Waals surface area contributed by atoms with Gasteiger partial charge in [0.25, 0.3) is 17.9 Å². The van der Waals surface area contributed by atoms with Gasteiger partial charge in [-0.05, 0) is 0 Å². The Morgan fingerprint density at radius 3 is 2.57 bits per heavy atom. The molecule has 1 rings (SSSR count). The Bertz CT molecular complexity index is 427. The summed E-state index contributed by atoms with van der Waals surface area (Å²) in [6.07, 6.45) is -2.38. The molecule has 0 radical (unpaired) electrons. The molecule has 1 amide bonds. The number of aromatic amines is 1. The molecule has 0 aliphatic heterocycles. The van der Waals surface area contributed by atoms with Crippen molar-refractivity contribution in [3.63, 3.8) is 0 Å². The SMILES string of the molecule is NC(=O)c1c[nH]c(=O)c(C(F)F)c1O. The minimum Gasteiger partial charge on any atom is -0.506 e. The molecule has 0 bridgehead atoms. The van der Waals surface area contributed by atoms with Gasteiger partial charge in [-0.3, -0.25) is 9.59 Å². The van der Waals surface area contributed by atoms with E-state index in [1.807, 2.05) is 4.98 Å². The second-order valence-electron chi connectivity index (χ2n) is 2.46. The highest BCUT2D eigenvalue weighted by atomic mass is 19.3. The van der Waals surface area contributed by atoms with Crippen LogP contribution in [0.1, 0.15) is 22.3 Å². The van der Waals surface area contributed by atoms with Gasteiger partial charge in [-0.2, -0.15) is 0 Å². The third-order valence-electron chi connectivity index (χ3n) is 1.59. The maximum atomic E-state index is 12.2. The average molecular weight is 204 g/mol. The van der Waals surface area contributed by atoms with Gasteiger partial charge < -0.3 is 15.8 Å². The van der Waals surface area contributed by atoms with Crippen molar-refractivity contribution in [3.8, 4) is 5.75 Å². The standard InChI is InChI=1S/C7H6F2N2O3/c8-5(9)3-4(12)2(6(10)13)1-11-7(3)14/h1,5H,(H2,10,13)(H2,11,12,14). The molecule has 0 saturated heterocycles. The Kier molecular flexibility index (Phi) is 2.50. The number of aromatic hydroxyl groups is 1. The number of aromatic nitrogens is 1. The van der Waals surface area contributed by atoms with E-state index in [9.17, 15) is 18.4 Å². The third kappa shape index (κ3) is 1.56. The number of hydrogen-bond donors (Lipinski definition) is 3. The molecule has 1 aromatic heterocycles. The second-order valence-corrected chi connectivity index (χ2v) is 2.46. The number of alkyl halides is 2. The van der Waals surface area contributed by atoms with Crippen LogP contribution in [0.2, 0.25) is 0 Å². The quantitative estimate of drug-likeness (QED) is 0.638. The number of amides is 1. The smallest absolute Gasteiger partial charge is 0.272 e. The topological polar surface area (TPSA) is 96.2 Å².